The summed E-state index contributed by atoms with van der Waals surface area (Å²) in [6, 6.07) is 14.4. The normalized spacial score (nSPS) is 10.3. The number of nitrogens with one attached hydrogen (secondary N) is 1. The van der Waals surface area contributed by atoms with Crippen LogP contribution in [0.1, 0.15) is 6.42 Å². The summed E-state index contributed by atoms with van der Waals surface area (Å²) in [7, 11) is 0. The van der Waals surface area contributed by atoms with Crippen LogP contribution in [0.5, 0.6) is 0 Å². The fourth-order valence-corrected chi connectivity index (χ4v) is 2.79. The van der Waals surface area contributed by atoms with Crippen molar-refractivity contribution in [2.45, 2.75) is 11.3 Å². The lowest BCUT2D eigenvalue weighted by molar-refractivity contribution is -0.115. The van der Waals surface area contributed by atoms with Gasteiger partial charge in [0.1, 0.15) is 5.82 Å². The Morgan fingerprint density at radius 1 is 1.20 bits per heavy atom. The lowest BCUT2D eigenvalue weighted by atomic mass is 10.3. The minimum Gasteiger partial charge on any atom is -0.324 e. The first-order valence-electron chi connectivity index (χ1n) is 6.08. The van der Waals surface area contributed by atoms with Crippen LogP contribution in [-0.4, -0.2) is 11.7 Å². The van der Waals surface area contributed by atoms with Gasteiger partial charge in [0.2, 0.25) is 5.91 Å². The van der Waals surface area contributed by atoms with E-state index < -0.39 is 5.82 Å². The van der Waals surface area contributed by atoms with Crippen molar-refractivity contribution in [3.8, 4) is 0 Å². The van der Waals surface area contributed by atoms with Gasteiger partial charge in [-0.3, -0.25) is 4.79 Å². The minimum absolute atomic E-state index is 0.186. The summed E-state index contributed by atoms with van der Waals surface area (Å²) in [6.45, 7) is 0. The van der Waals surface area contributed by atoms with Crippen molar-refractivity contribution in [1.29, 1.82) is 0 Å². The molecule has 0 saturated carbocycles. The van der Waals surface area contributed by atoms with E-state index in [0.717, 1.165) is 4.90 Å². The number of halogens is 2. The molecule has 20 heavy (non-hydrogen) atoms. The third kappa shape index (κ3) is 4.65. The Morgan fingerprint density at radius 2 is 1.95 bits per heavy atom. The van der Waals surface area contributed by atoms with E-state index in [1.807, 2.05) is 30.3 Å². The number of thioether (sulfide) groups is 1. The Kier molecular flexibility index (Phi) is 5.61. The minimum atomic E-state index is -0.441. The monoisotopic (exact) mass is 353 g/mol. The zero-order valence-corrected chi connectivity index (χ0v) is 13.0. The highest BCUT2D eigenvalue weighted by Gasteiger charge is 2.07. The number of hydrogen-bond acceptors (Lipinski definition) is 2. The number of hydrogen-bond donors (Lipinski definition) is 1. The molecule has 0 aromatic heterocycles. The second-order valence-electron chi connectivity index (χ2n) is 4.08. The molecule has 0 fully saturated rings. The van der Waals surface area contributed by atoms with E-state index in [0.29, 0.717) is 16.6 Å². The van der Waals surface area contributed by atoms with Crippen molar-refractivity contribution in [3.05, 3.63) is 58.8 Å². The second kappa shape index (κ2) is 7.45. The summed E-state index contributed by atoms with van der Waals surface area (Å²) >= 11 is 4.78. The summed E-state index contributed by atoms with van der Waals surface area (Å²) < 4.78 is 14.2. The molecule has 1 N–H and O–H groups in total. The van der Waals surface area contributed by atoms with Gasteiger partial charge in [-0.15, -0.1) is 11.8 Å². The van der Waals surface area contributed by atoms with Crippen LogP contribution in [0.15, 0.2) is 57.9 Å². The van der Waals surface area contributed by atoms with Crippen LogP contribution in [0.4, 0.5) is 10.1 Å². The second-order valence-corrected chi connectivity index (χ2v) is 6.17. The molecule has 2 nitrogen and oxygen atoms in total. The van der Waals surface area contributed by atoms with Gasteiger partial charge < -0.3 is 5.32 Å². The Balaban J connectivity index is 1.81. The van der Waals surface area contributed by atoms with Gasteiger partial charge in [-0.05, 0) is 30.3 Å². The SMILES string of the molecule is O=C(CCSc1ccccc1)Nc1ccc(Br)cc1F. The number of benzene rings is 2. The highest BCUT2D eigenvalue weighted by molar-refractivity contribution is 9.10. The maximum Gasteiger partial charge on any atom is 0.225 e. The van der Waals surface area contributed by atoms with Gasteiger partial charge >= 0.3 is 0 Å². The van der Waals surface area contributed by atoms with E-state index in [2.05, 4.69) is 21.2 Å². The van der Waals surface area contributed by atoms with E-state index in [9.17, 15) is 9.18 Å². The fraction of sp³-hybridized carbons (Fsp3) is 0.133. The summed E-state index contributed by atoms with van der Waals surface area (Å²) in [6.07, 6.45) is 0.342. The third-order valence-electron chi connectivity index (χ3n) is 2.55. The maximum absolute atomic E-state index is 13.5. The van der Waals surface area contributed by atoms with Gasteiger partial charge in [-0.2, -0.15) is 0 Å². The van der Waals surface area contributed by atoms with E-state index in [1.54, 1.807) is 23.9 Å². The lowest BCUT2D eigenvalue weighted by Gasteiger charge is -2.06. The first kappa shape index (κ1) is 15.1. The van der Waals surface area contributed by atoms with Gasteiger partial charge in [-0.25, -0.2) is 4.39 Å². The number of carbonyl (C=O) groups excluding carboxylic acids is 1. The fourth-order valence-electron chi connectivity index (χ4n) is 1.58. The van der Waals surface area contributed by atoms with E-state index in [4.69, 9.17) is 0 Å². The molecule has 0 atom stereocenters. The molecule has 0 heterocycles. The highest BCUT2D eigenvalue weighted by atomic mass is 79.9. The molecular weight excluding hydrogens is 341 g/mol. The zero-order chi connectivity index (χ0) is 14.4. The van der Waals surface area contributed by atoms with Crippen LogP contribution in [0.3, 0.4) is 0 Å². The summed E-state index contributed by atoms with van der Waals surface area (Å²) in [5, 5.41) is 2.58. The van der Waals surface area contributed by atoms with Crippen LogP contribution < -0.4 is 5.32 Å². The van der Waals surface area contributed by atoms with Crippen molar-refractivity contribution in [1.82, 2.24) is 0 Å². The van der Waals surface area contributed by atoms with Crippen molar-refractivity contribution >= 4 is 39.3 Å². The lowest BCUT2D eigenvalue weighted by Crippen LogP contribution is -2.13. The average Bonchev–Trinajstić information content (AvgIpc) is 2.43. The zero-order valence-electron chi connectivity index (χ0n) is 10.6. The highest BCUT2D eigenvalue weighted by Crippen LogP contribution is 2.21. The Labute approximate surface area is 129 Å². The predicted molar refractivity (Wildman–Crippen MR) is 84.5 cm³/mol. The molecule has 0 radical (unpaired) electrons. The third-order valence-corrected chi connectivity index (χ3v) is 4.05. The molecule has 0 bridgehead atoms. The van der Waals surface area contributed by atoms with Gasteiger partial charge in [0, 0.05) is 21.5 Å². The van der Waals surface area contributed by atoms with Crippen LogP contribution in [0, 0.1) is 5.82 Å². The standard InChI is InChI=1S/C15H13BrFNOS/c16-11-6-7-14(13(17)10-11)18-15(19)8-9-20-12-4-2-1-3-5-12/h1-7,10H,8-9H2,(H,18,19). The molecule has 0 saturated heterocycles. The first-order valence-corrected chi connectivity index (χ1v) is 7.86. The van der Waals surface area contributed by atoms with Gasteiger partial charge in [0.15, 0.2) is 0 Å². The summed E-state index contributed by atoms with van der Waals surface area (Å²) in [5.41, 5.74) is 0.211. The van der Waals surface area contributed by atoms with E-state index >= 15 is 0 Å². The number of anilines is 1. The number of amides is 1. The van der Waals surface area contributed by atoms with Gasteiger partial charge in [0.05, 0.1) is 5.69 Å². The summed E-state index contributed by atoms with van der Waals surface area (Å²) in [4.78, 5) is 12.9. The molecule has 0 aliphatic rings. The van der Waals surface area contributed by atoms with E-state index in [1.165, 1.54) is 6.07 Å². The van der Waals surface area contributed by atoms with Crippen molar-refractivity contribution in [3.63, 3.8) is 0 Å². The van der Waals surface area contributed by atoms with Crippen molar-refractivity contribution in [2.24, 2.45) is 0 Å². The molecule has 2 aromatic carbocycles. The first-order chi connectivity index (χ1) is 9.65. The van der Waals surface area contributed by atoms with Crippen LogP contribution in [0.25, 0.3) is 0 Å². The average molecular weight is 354 g/mol. The maximum atomic E-state index is 13.5. The Morgan fingerprint density at radius 3 is 2.65 bits per heavy atom. The number of rotatable bonds is 5. The predicted octanol–water partition coefficient (Wildman–Crippen LogP) is 4.71. The molecule has 2 rings (SSSR count). The molecule has 0 unspecified atom stereocenters. The topological polar surface area (TPSA) is 29.1 Å². The van der Waals surface area contributed by atoms with Crippen LogP contribution in [-0.2, 0) is 4.79 Å². The number of carbonyl (C=O) groups is 1. The van der Waals surface area contributed by atoms with Crippen molar-refractivity contribution in [2.75, 3.05) is 11.1 Å². The molecule has 104 valence electrons. The molecule has 1 amide bonds. The van der Waals surface area contributed by atoms with Crippen LogP contribution in [0.2, 0.25) is 0 Å². The van der Waals surface area contributed by atoms with Crippen LogP contribution >= 0.6 is 27.7 Å². The van der Waals surface area contributed by atoms with Gasteiger partial charge in [-0.1, -0.05) is 34.1 Å². The molecule has 0 aliphatic carbocycles. The Hall–Kier alpha value is -1.33. The molecule has 2 aromatic rings. The molecular formula is C15H13BrFNOS. The summed E-state index contributed by atoms with van der Waals surface area (Å²) in [5.74, 6) is 0.0339. The van der Waals surface area contributed by atoms with Gasteiger partial charge in [0.25, 0.3) is 0 Å². The quantitative estimate of drug-likeness (QED) is 0.788. The smallest absolute Gasteiger partial charge is 0.225 e. The van der Waals surface area contributed by atoms with E-state index in [-0.39, 0.29) is 11.6 Å². The molecule has 0 spiro atoms. The largest absolute Gasteiger partial charge is 0.324 e. The molecule has 0 aliphatic heterocycles. The Bertz CT molecular complexity index is 592. The molecule has 5 heteroatoms. The van der Waals surface area contributed by atoms with Crippen molar-refractivity contribution < 1.29 is 9.18 Å².